The molecule has 0 amide bonds. The Bertz CT molecular complexity index is 1320. The Balaban J connectivity index is 0.000000192. The van der Waals surface area contributed by atoms with Crippen LogP contribution in [-0.4, -0.2) is 9.97 Å². The van der Waals surface area contributed by atoms with Crippen molar-refractivity contribution in [3.8, 4) is 0 Å². The van der Waals surface area contributed by atoms with Crippen LogP contribution in [0.1, 0.15) is 0 Å². The molecule has 4 aromatic carbocycles. The minimum absolute atomic E-state index is 0. The van der Waals surface area contributed by atoms with Gasteiger partial charge in [-0.3, -0.25) is 9.97 Å². The van der Waals surface area contributed by atoms with Crippen LogP contribution in [0.3, 0.4) is 0 Å². The molecule has 35 heavy (non-hydrogen) atoms. The number of aromatic nitrogens is 2. The summed E-state index contributed by atoms with van der Waals surface area (Å²) in [5.74, 6) is 0. The summed E-state index contributed by atoms with van der Waals surface area (Å²) in [5.41, 5.74) is 1.95. The van der Waals surface area contributed by atoms with E-state index in [0.717, 1.165) is 21.8 Å². The van der Waals surface area contributed by atoms with E-state index >= 15 is 0 Å². The Morgan fingerprint density at radius 1 is 0.400 bits per heavy atom. The van der Waals surface area contributed by atoms with Crippen molar-refractivity contribution in [2.24, 2.45) is 0 Å². The predicted molar refractivity (Wildman–Crippen MR) is 153 cm³/mol. The first kappa shape index (κ1) is 26.7. The number of halogens is 1. The van der Waals surface area contributed by atoms with Crippen molar-refractivity contribution in [3.63, 3.8) is 0 Å². The molecule has 0 spiro atoms. The largest absolute Gasteiger partial charge is 0.254 e. The van der Waals surface area contributed by atoms with Crippen molar-refractivity contribution in [2.75, 3.05) is 0 Å². The molecule has 1 radical (unpaired) electrons. The zero-order valence-electron chi connectivity index (χ0n) is 18.8. The van der Waals surface area contributed by atoms with Gasteiger partial charge in [0.1, 0.15) is 0 Å². The van der Waals surface area contributed by atoms with Crippen LogP contribution < -0.4 is 15.9 Å². The van der Waals surface area contributed by atoms with Gasteiger partial charge in [0.15, 0.2) is 0 Å². The molecule has 0 saturated heterocycles. The summed E-state index contributed by atoms with van der Waals surface area (Å²) in [7, 11) is -0.446. The SMILES string of the molecule is Br.[Cu].c1ccc(P(c2ccccc2)c2ccccc2)cc1.c1cnc2c(c1)ccc1cccnc12. The first-order valence-corrected chi connectivity index (χ1v) is 12.3. The summed E-state index contributed by atoms with van der Waals surface area (Å²) in [4.78, 5) is 8.69. The number of hydrogen-bond acceptors (Lipinski definition) is 2. The van der Waals surface area contributed by atoms with E-state index in [4.69, 9.17) is 0 Å². The zero-order chi connectivity index (χ0) is 22.3. The first-order valence-electron chi connectivity index (χ1n) is 10.9. The van der Waals surface area contributed by atoms with E-state index in [2.05, 4.69) is 125 Å². The van der Waals surface area contributed by atoms with Gasteiger partial charge in [-0.25, -0.2) is 0 Å². The molecule has 2 nitrogen and oxygen atoms in total. The van der Waals surface area contributed by atoms with Gasteiger partial charge in [0.2, 0.25) is 0 Å². The van der Waals surface area contributed by atoms with E-state index in [9.17, 15) is 0 Å². The first-order chi connectivity index (χ1) is 16.4. The van der Waals surface area contributed by atoms with Crippen LogP contribution in [-0.2, 0) is 17.1 Å². The minimum atomic E-state index is -0.446. The molecule has 0 aliphatic rings. The maximum Gasteiger partial charge on any atom is 0.0964 e. The quantitative estimate of drug-likeness (QED) is 0.129. The molecule has 5 heteroatoms. The van der Waals surface area contributed by atoms with Crippen LogP contribution >= 0.6 is 24.9 Å². The number of fused-ring (bicyclic) bond motifs is 3. The van der Waals surface area contributed by atoms with Crippen molar-refractivity contribution in [2.45, 2.75) is 0 Å². The van der Waals surface area contributed by atoms with Gasteiger partial charge in [-0.15, -0.1) is 17.0 Å². The molecule has 0 aliphatic carbocycles. The van der Waals surface area contributed by atoms with Crippen LogP contribution in [0.2, 0.25) is 0 Å². The van der Waals surface area contributed by atoms with Crippen LogP contribution in [0.4, 0.5) is 0 Å². The predicted octanol–water partition coefficient (Wildman–Crippen LogP) is 6.80. The van der Waals surface area contributed by atoms with Gasteiger partial charge < -0.3 is 0 Å². The third-order valence-electron chi connectivity index (χ3n) is 5.39. The molecule has 0 saturated carbocycles. The number of rotatable bonds is 3. The van der Waals surface area contributed by atoms with Crippen molar-refractivity contribution in [1.82, 2.24) is 9.97 Å². The Morgan fingerprint density at radius 2 is 0.743 bits per heavy atom. The van der Waals surface area contributed by atoms with E-state index in [1.165, 1.54) is 15.9 Å². The fraction of sp³-hybridized carbons (Fsp3) is 0. The van der Waals surface area contributed by atoms with Crippen molar-refractivity contribution < 1.29 is 17.1 Å². The van der Waals surface area contributed by atoms with Crippen molar-refractivity contribution >= 4 is 62.6 Å². The second-order valence-electron chi connectivity index (χ2n) is 7.56. The molecule has 6 aromatic rings. The summed E-state index contributed by atoms with van der Waals surface area (Å²) in [6, 6.07) is 44.5. The van der Waals surface area contributed by atoms with E-state index in [0.29, 0.717) is 0 Å². The second-order valence-corrected chi connectivity index (χ2v) is 9.78. The number of hydrogen-bond donors (Lipinski definition) is 0. The summed E-state index contributed by atoms with van der Waals surface area (Å²) >= 11 is 0. The van der Waals surface area contributed by atoms with Gasteiger partial charge in [0, 0.05) is 40.2 Å². The molecular formula is C30H24BrCuN2P. The van der Waals surface area contributed by atoms with Crippen molar-refractivity contribution in [1.29, 1.82) is 0 Å². The smallest absolute Gasteiger partial charge is 0.0964 e. The minimum Gasteiger partial charge on any atom is -0.254 e. The molecule has 0 aliphatic heterocycles. The number of nitrogens with zero attached hydrogens (tertiary/aromatic N) is 2. The Morgan fingerprint density at radius 3 is 1.09 bits per heavy atom. The molecule has 0 fully saturated rings. The Kier molecular flexibility index (Phi) is 10.1. The zero-order valence-corrected chi connectivity index (χ0v) is 22.4. The van der Waals surface area contributed by atoms with Crippen LogP contribution in [0.25, 0.3) is 21.8 Å². The van der Waals surface area contributed by atoms with Crippen molar-refractivity contribution in [3.05, 3.63) is 140 Å². The monoisotopic (exact) mass is 585 g/mol. The average Bonchev–Trinajstić information content (AvgIpc) is 2.91. The average molecular weight is 587 g/mol. The second kappa shape index (κ2) is 13.3. The van der Waals surface area contributed by atoms with E-state index < -0.39 is 7.92 Å². The molecule has 0 N–H and O–H groups in total. The molecule has 0 unspecified atom stereocenters. The maximum atomic E-state index is 4.35. The van der Waals surface area contributed by atoms with E-state index in [1.54, 1.807) is 12.4 Å². The van der Waals surface area contributed by atoms with Gasteiger partial charge in [-0.1, -0.05) is 115 Å². The van der Waals surface area contributed by atoms with E-state index in [-0.39, 0.29) is 34.1 Å². The summed E-state index contributed by atoms with van der Waals surface area (Å²) in [6.07, 6.45) is 3.60. The molecule has 0 bridgehead atoms. The van der Waals surface area contributed by atoms with Crippen LogP contribution in [0.5, 0.6) is 0 Å². The standard InChI is InChI=1S/C18H15P.C12H8N2.BrH.Cu/c1-4-10-16(11-5-1)19(17-12-6-2-7-13-17)18-14-8-3-9-15-18;1-3-9-5-6-10-4-2-8-14-12(10)11(9)13-7-1;;/h1-15H;1-8H;1H;. The molecule has 0 atom stereocenters. The van der Waals surface area contributed by atoms with E-state index in [1.807, 2.05) is 12.1 Å². The summed E-state index contributed by atoms with van der Waals surface area (Å²) < 4.78 is 0. The Labute approximate surface area is 228 Å². The fourth-order valence-electron chi connectivity index (χ4n) is 3.86. The normalized spacial score (nSPS) is 10.1. The summed E-state index contributed by atoms with van der Waals surface area (Å²) in [5, 5.41) is 6.47. The third kappa shape index (κ3) is 6.42. The Hall–Kier alpha value is -2.87. The number of benzene rings is 4. The summed E-state index contributed by atoms with van der Waals surface area (Å²) in [6.45, 7) is 0. The molecule has 6 rings (SSSR count). The van der Waals surface area contributed by atoms with Gasteiger partial charge in [0.05, 0.1) is 11.0 Å². The molecule has 2 aromatic heterocycles. The maximum absolute atomic E-state index is 4.35. The molecular weight excluding hydrogens is 563 g/mol. The topological polar surface area (TPSA) is 25.8 Å². The molecule has 177 valence electrons. The number of pyridine rings is 2. The van der Waals surface area contributed by atoms with Gasteiger partial charge >= 0.3 is 0 Å². The van der Waals surface area contributed by atoms with Crippen LogP contribution in [0, 0.1) is 0 Å². The van der Waals surface area contributed by atoms with Gasteiger partial charge in [0.25, 0.3) is 0 Å². The fourth-order valence-corrected chi connectivity index (χ4v) is 6.16. The molecule has 2 heterocycles. The van der Waals surface area contributed by atoms with Crippen LogP contribution in [0.15, 0.2) is 140 Å². The van der Waals surface area contributed by atoms with Gasteiger partial charge in [-0.2, -0.15) is 0 Å². The van der Waals surface area contributed by atoms with Gasteiger partial charge in [-0.05, 0) is 36.0 Å². The third-order valence-corrected chi connectivity index (χ3v) is 7.83.